The van der Waals surface area contributed by atoms with E-state index in [1.54, 1.807) is 63.8 Å². The van der Waals surface area contributed by atoms with Crippen molar-refractivity contribution < 1.29 is 38.6 Å². The predicted octanol–water partition coefficient (Wildman–Crippen LogP) is 5.69. The fraction of sp³-hybridized carbons (Fsp3) is 0.442. The molecule has 2 saturated heterocycles. The standard InChI is InChI=1S/C52H63ClN8O8S/c1-31(34-8-10-35(11-9-34)47-32(2)55-30-70-47)56-49(66)43-26-38(62)29-60(43)51(68)48(52(4,5)6)57-44(63)18-19-46(65)59-24-22-58(23-25-59)21-20-54-45(64)28-40-33(3)61(42-17-16-39(69-7)27-41(40)42)50(67)36-12-14-37(53)15-13-36/h8-17,27,30-31,38,43,48,62H,18-26,28-29H2,1-7H3,(H,54,64)(H,56,66)(H,57,63)/t31-,38-,43-,48+/m0/s1. The molecule has 0 spiro atoms. The molecule has 0 saturated carbocycles. The number of amides is 5. The van der Waals surface area contributed by atoms with Crippen molar-refractivity contribution in [1.82, 2.24) is 40.2 Å². The average Bonchev–Trinajstić information content (AvgIpc) is 4.03. The molecule has 4 N–H and O–H groups in total. The first-order valence-corrected chi connectivity index (χ1v) is 24.9. The van der Waals surface area contributed by atoms with Crippen molar-refractivity contribution in [2.45, 2.75) is 91.5 Å². The van der Waals surface area contributed by atoms with Gasteiger partial charge in [-0.3, -0.25) is 38.2 Å². The molecule has 7 rings (SSSR count). The summed E-state index contributed by atoms with van der Waals surface area (Å²) in [7, 11) is 1.57. The van der Waals surface area contributed by atoms with Crippen LogP contribution in [0, 0.1) is 19.3 Å². The van der Waals surface area contributed by atoms with E-state index >= 15 is 0 Å². The molecule has 0 bridgehead atoms. The van der Waals surface area contributed by atoms with Crippen molar-refractivity contribution in [2.75, 3.05) is 52.9 Å². The minimum absolute atomic E-state index is 0.0455. The molecular formula is C52H63ClN8O8S. The van der Waals surface area contributed by atoms with Crippen molar-refractivity contribution >= 4 is 69.3 Å². The maximum absolute atomic E-state index is 14.2. The Labute approximate surface area is 417 Å². The van der Waals surface area contributed by atoms with Gasteiger partial charge in [-0.25, -0.2) is 4.98 Å². The minimum Gasteiger partial charge on any atom is -0.497 e. The Bertz CT molecular complexity index is 2720. The lowest BCUT2D eigenvalue weighted by molar-refractivity contribution is -0.144. The van der Waals surface area contributed by atoms with Crippen LogP contribution in [-0.4, -0.2) is 136 Å². The molecule has 2 fully saturated rings. The van der Waals surface area contributed by atoms with Crippen molar-refractivity contribution in [3.63, 3.8) is 0 Å². The van der Waals surface area contributed by atoms with Gasteiger partial charge in [0.2, 0.25) is 29.5 Å². The van der Waals surface area contributed by atoms with Crippen LogP contribution >= 0.6 is 22.9 Å². The van der Waals surface area contributed by atoms with Crippen LogP contribution in [0.4, 0.5) is 0 Å². The van der Waals surface area contributed by atoms with Crippen molar-refractivity contribution in [3.05, 3.63) is 105 Å². The van der Waals surface area contributed by atoms with Crippen molar-refractivity contribution in [3.8, 4) is 16.2 Å². The first kappa shape index (κ1) is 51.7. The Morgan fingerprint density at radius 2 is 1.61 bits per heavy atom. The Morgan fingerprint density at radius 1 is 0.914 bits per heavy atom. The van der Waals surface area contributed by atoms with Crippen LogP contribution in [0.1, 0.15) is 85.9 Å². The predicted molar refractivity (Wildman–Crippen MR) is 270 cm³/mol. The second-order valence-electron chi connectivity index (χ2n) is 19.2. The van der Waals surface area contributed by atoms with E-state index in [-0.39, 0.29) is 56.0 Å². The van der Waals surface area contributed by atoms with E-state index in [4.69, 9.17) is 16.3 Å². The minimum atomic E-state index is -1.02. The largest absolute Gasteiger partial charge is 0.497 e. The summed E-state index contributed by atoms with van der Waals surface area (Å²) in [5.74, 6) is -1.33. The number of aliphatic hydroxyl groups excluding tert-OH is 1. The number of piperazine rings is 1. The molecular weight excluding hydrogens is 932 g/mol. The maximum Gasteiger partial charge on any atom is 0.262 e. The number of benzene rings is 3. The number of β-amino-alcohol motifs (C(OH)–C–C–N with tert-alkyl or cyclic N) is 1. The Balaban J connectivity index is 0.861. The Morgan fingerprint density at radius 3 is 2.26 bits per heavy atom. The zero-order chi connectivity index (χ0) is 50.4. The highest BCUT2D eigenvalue weighted by Crippen LogP contribution is 2.32. The van der Waals surface area contributed by atoms with Crippen LogP contribution in [-0.2, 0) is 30.4 Å². The van der Waals surface area contributed by atoms with Gasteiger partial charge in [0.15, 0.2) is 0 Å². The van der Waals surface area contributed by atoms with Gasteiger partial charge in [0.1, 0.15) is 17.8 Å². The van der Waals surface area contributed by atoms with Gasteiger partial charge in [-0.1, -0.05) is 56.6 Å². The normalized spacial score (nSPS) is 17.3. The third-order valence-corrected chi connectivity index (χ3v) is 14.5. The molecule has 16 nitrogen and oxygen atoms in total. The summed E-state index contributed by atoms with van der Waals surface area (Å²) >= 11 is 7.63. The van der Waals surface area contributed by atoms with E-state index in [0.29, 0.717) is 66.8 Å². The summed E-state index contributed by atoms with van der Waals surface area (Å²) in [5, 5.41) is 20.8. The lowest BCUT2D eigenvalue weighted by Crippen LogP contribution is -2.58. The lowest BCUT2D eigenvalue weighted by Gasteiger charge is -2.36. The topological polar surface area (TPSA) is 196 Å². The molecule has 2 aliphatic heterocycles. The number of nitrogens with one attached hydrogen (secondary N) is 3. The molecule has 0 aliphatic carbocycles. The molecule has 70 heavy (non-hydrogen) atoms. The number of ether oxygens (including phenoxy) is 1. The molecule has 0 radical (unpaired) electrons. The number of fused-ring (bicyclic) bond motifs is 1. The van der Waals surface area contributed by atoms with Gasteiger partial charge in [0, 0.05) is 86.7 Å². The summed E-state index contributed by atoms with van der Waals surface area (Å²) in [6.45, 7) is 14.1. The van der Waals surface area contributed by atoms with Gasteiger partial charge >= 0.3 is 0 Å². The van der Waals surface area contributed by atoms with Crippen molar-refractivity contribution in [1.29, 1.82) is 0 Å². The molecule has 3 aromatic carbocycles. The third-order valence-electron chi connectivity index (χ3n) is 13.3. The lowest BCUT2D eigenvalue weighted by atomic mass is 9.85. The molecule has 5 amide bonds. The molecule has 4 heterocycles. The molecule has 0 unspecified atom stereocenters. The Hall–Kier alpha value is -6.14. The SMILES string of the molecule is COc1ccc2c(c1)c(CC(=O)NCCN1CCN(C(=O)CCC(=O)N[C@H](C(=O)N3C[C@@H](O)C[C@H]3C(=O)N[C@@H](C)c3ccc(-c4scnc4C)cc3)C(C)(C)C)CC1)c(C)n2C(=O)c1ccc(Cl)cc1. The number of aromatic nitrogens is 2. The number of rotatable bonds is 16. The second kappa shape index (κ2) is 22.3. The quantitative estimate of drug-likeness (QED) is 0.0955. The fourth-order valence-electron chi connectivity index (χ4n) is 9.22. The first-order valence-electron chi connectivity index (χ1n) is 23.7. The molecule has 372 valence electrons. The van der Waals surface area contributed by atoms with Gasteiger partial charge in [0.25, 0.3) is 5.91 Å². The van der Waals surface area contributed by atoms with Crippen LogP contribution in [0.15, 0.2) is 72.2 Å². The summed E-state index contributed by atoms with van der Waals surface area (Å²) in [4.78, 5) is 92.3. The molecule has 2 aromatic heterocycles. The number of likely N-dealkylation sites (tertiary alicyclic amines) is 1. The van der Waals surface area contributed by atoms with Crippen LogP contribution in [0.2, 0.25) is 5.02 Å². The highest BCUT2D eigenvalue weighted by Gasteiger charge is 2.45. The van der Waals surface area contributed by atoms with E-state index in [1.807, 2.05) is 77.9 Å². The number of methoxy groups -OCH3 is 1. The van der Waals surface area contributed by atoms with E-state index in [2.05, 4.69) is 25.8 Å². The van der Waals surface area contributed by atoms with Gasteiger partial charge in [-0.2, -0.15) is 0 Å². The van der Waals surface area contributed by atoms with Crippen LogP contribution < -0.4 is 20.7 Å². The van der Waals surface area contributed by atoms with Crippen LogP contribution in [0.3, 0.4) is 0 Å². The van der Waals surface area contributed by atoms with Gasteiger partial charge in [0.05, 0.1) is 47.3 Å². The number of carbonyl (C=O) groups is 6. The highest BCUT2D eigenvalue weighted by atomic mass is 35.5. The van der Waals surface area contributed by atoms with Gasteiger partial charge in [-0.15, -0.1) is 11.3 Å². The zero-order valence-corrected chi connectivity index (χ0v) is 42.4. The van der Waals surface area contributed by atoms with E-state index < -0.39 is 41.3 Å². The monoisotopic (exact) mass is 994 g/mol. The zero-order valence-electron chi connectivity index (χ0n) is 40.8. The smallest absolute Gasteiger partial charge is 0.262 e. The third kappa shape index (κ3) is 12.1. The molecule has 18 heteroatoms. The maximum atomic E-state index is 14.2. The van der Waals surface area contributed by atoms with Crippen LogP contribution in [0.25, 0.3) is 21.3 Å². The van der Waals surface area contributed by atoms with E-state index in [1.165, 1.54) is 4.90 Å². The molecule has 2 aliphatic rings. The second-order valence-corrected chi connectivity index (χ2v) is 20.5. The number of thiazole rings is 1. The first-order chi connectivity index (χ1) is 33.3. The van der Waals surface area contributed by atoms with Gasteiger partial charge < -0.3 is 35.6 Å². The highest BCUT2D eigenvalue weighted by molar-refractivity contribution is 7.13. The summed E-state index contributed by atoms with van der Waals surface area (Å²) in [6.07, 6.45) is -0.964. The number of halogens is 1. The number of carbonyl (C=O) groups excluding carboxylic acids is 6. The fourth-order valence-corrected chi connectivity index (χ4v) is 10.2. The molecule has 5 aromatic rings. The summed E-state index contributed by atoms with van der Waals surface area (Å²) in [6, 6.07) is 17.7. The van der Waals surface area contributed by atoms with Gasteiger partial charge in [-0.05, 0) is 85.3 Å². The number of nitrogens with zero attached hydrogens (tertiary/aromatic N) is 5. The summed E-state index contributed by atoms with van der Waals surface area (Å²) in [5.41, 5.74) is 6.44. The van der Waals surface area contributed by atoms with E-state index in [0.717, 1.165) is 32.6 Å². The number of aryl methyl sites for hydroxylation is 1. The number of hydrogen-bond acceptors (Lipinski definition) is 11. The Kier molecular flexibility index (Phi) is 16.5. The number of hydrogen-bond donors (Lipinski definition) is 4. The summed E-state index contributed by atoms with van der Waals surface area (Å²) < 4.78 is 7.09. The van der Waals surface area contributed by atoms with Crippen molar-refractivity contribution in [2.24, 2.45) is 5.41 Å². The molecule has 4 atom stereocenters. The average molecular weight is 996 g/mol. The van der Waals surface area contributed by atoms with Crippen LogP contribution in [0.5, 0.6) is 5.75 Å². The number of aliphatic hydroxyl groups is 1. The van der Waals surface area contributed by atoms with E-state index in [9.17, 15) is 33.9 Å².